The van der Waals surface area contributed by atoms with Crippen LogP contribution in [0.3, 0.4) is 0 Å². The predicted molar refractivity (Wildman–Crippen MR) is 140 cm³/mol. The molecular formula is C25H20N4O9S. The molecule has 0 aliphatic carbocycles. The van der Waals surface area contributed by atoms with Gasteiger partial charge in [-0.25, -0.2) is 9.59 Å². The zero-order chi connectivity index (χ0) is 28.4. The van der Waals surface area contributed by atoms with Crippen molar-refractivity contribution < 1.29 is 28.9 Å². The highest BCUT2D eigenvalue weighted by Crippen LogP contribution is 2.38. The number of nitro groups is 2. The molecule has 0 fully saturated rings. The third-order valence-corrected chi connectivity index (χ3v) is 6.95. The number of fused-ring (bicyclic) bond motifs is 1. The van der Waals surface area contributed by atoms with Crippen LogP contribution in [0, 0.1) is 20.2 Å². The molecule has 0 saturated carbocycles. The van der Waals surface area contributed by atoms with E-state index in [1.807, 2.05) is 0 Å². The van der Waals surface area contributed by atoms with Gasteiger partial charge in [-0.1, -0.05) is 24.3 Å². The van der Waals surface area contributed by atoms with E-state index in [1.165, 1.54) is 48.5 Å². The fourth-order valence-electron chi connectivity index (χ4n) is 4.19. The number of rotatable bonds is 7. The Morgan fingerprint density at radius 2 is 1.69 bits per heavy atom. The fraction of sp³-hybridized carbons (Fsp3) is 0.160. The summed E-state index contributed by atoms with van der Waals surface area (Å²) >= 11 is 0.850. The summed E-state index contributed by atoms with van der Waals surface area (Å²) in [5.41, 5.74) is 5.26. The van der Waals surface area contributed by atoms with E-state index >= 15 is 0 Å². The van der Waals surface area contributed by atoms with Gasteiger partial charge in [0.1, 0.15) is 10.5 Å². The molecule has 1 aliphatic rings. The topological polar surface area (TPSA) is 187 Å². The summed E-state index contributed by atoms with van der Waals surface area (Å²) in [6.07, 6.45) is 1.39. The van der Waals surface area contributed by atoms with Gasteiger partial charge in [0.05, 0.1) is 45.2 Å². The van der Waals surface area contributed by atoms with Crippen LogP contribution >= 0.6 is 11.3 Å². The van der Waals surface area contributed by atoms with Crippen molar-refractivity contribution in [1.29, 1.82) is 0 Å². The minimum absolute atomic E-state index is 0.0329. The van der Waals surface area contributed by atoms with Crippen molar-refractivity contribution in [3.8, 4) is 0 Å². The van der Waals surface area contributed by atoms with Crippen LogP contribution in [-0.2, 0) is 19.1 Å². The number of non-ortho nitro benzene ring substituents is 2. The molecule has 1 aromatic heterocycles. The molecule has 0 unspecified atom stereocenters. The second-order valence-electron chi connectivity index (χ2n) is 8.12. The normalized spacial score (nSPS) is 15.1. The largest absolute Gasteiger partial charge is 0.466 e. The minimum atomic E-state index is -1.26. The van der Waals surface area contributed by atoms with Crippen LogP contribution < -0.4 is 20.5 Å². The van der Waals surface area contributed by atoms with Gasteiger partial charge in [0.25, 0.3) is 16.9 Å². The Balaban J connectivity index is 2.11. The smallest absolute Gasteiger partial charge is 0.338 e. The van der Waals surface area contributed by atoms with Gasteiger partial charge >= 0.3 is 11.9 Å². The molecule has 2 aromatic carbocycles. The Kier molecular flexibility index (Phi) is 7.40. The number of hydrogen-bond donors (Lipinski definition) is 1. The molecular weight excluding hydrogens is 532 g/mol. The van der Waals surface area contributed by atoms with Crippen molar-refractivity contribution in [1.82, 2.24) is 4.57 Å². The van der Waals surface area contributed by atoms with Gasteiger partial charge in [0.15, 0.2) is 0 Å². The van der Waals surface area contributed by atoms with E-state index in [0.29, 0.717) is 5.56 Å². The zero-order valence-corrected chi connectivity index (χ0v) is 21.3. The van der Waals surface area contributed by atoms with E-state index in [4.69, 9.17) is 15.2 Å². The van der Waals surface area contributed by atoms with Crippen molar-refractivity contribution in [2.45, 2.75) is 12.8 Å². The average Bonchev–Trinajstić information content (AvgIpc) is 3.23. The molecule has 0 spiro atoms. The van der Waals surface area contributed by atoms with Crippen molar-refractivity contribution in [2.24, 2.45) is 5.73 Å². The summed E-state index contributed by atoms with van der Waals surface area (Å²) in [4.78, 5) is 61.2. The zero-order valence-electron chi connectivity index (χ0n) is 20.5. The Labute approximate surface area is 223 Å². The lowest BCUT2D eigenvalue weighted by molar-refractivity contribution is -0.385. The quantitative estimate of drug-likeness (QED) is 0.255. The standard InChI is InChI=1S/C25H20N4O9S/c1-3-38-25(32)19-18(14-7-5-9-16(12-14)29(35)36)20(24(31)37-2)23-27(21(19)26)22(30)17(39-23)11-13-6-4-8-15(10-13)28(33)34/h4-12,18H,3,26H2,1-2H3/b17-11-/t18-/m1/s1. The summed E-state index contributed by atoms with van der Waals surface area (Å²) in [6.45, 7) is 1.50. The first-order valence-corrected chi connectivity index (χ1v) is 12.1. The van der Waals surface area contributed by atoms with Gasteiger partial charge < -0.3 is 15.2 Å². The number of ether oxygens (including phenoxy) is 2. The van der Waals surface area contributed by atoms with Crippen LogP contribution in [0.1, 0.15) is 24.0 Å². The van der Waals surface area contributed by atoms with Crippen LogP contribution in [0.5, 0.6) is 0 Å². The monoisotopic (exact) mass is 552 g/mol. The number of carbonyl (C=O) groups excluding carboxylic acids is 2. The SMILES string of the molecule is CCOC(=O)C1=C(N)n2c(s/c(=C\c3cccc([N+](=O)[O-])c3)c2=O)=C(C(=O)OC)[C@@H]1c1cccc([N+](=O)[O-])c1. The molecule has 0 saturated heterocycles. The number of aromatic nitrogens is 1. The number of esters is 2. The summed E-state index contributed by atoms with van der Waals surface area (Å²) in [6, 6.07) is 10.9. The number of nitrogens with zero attached hydrogens (tertiary/aromatic N) is 3. The summed E-state index contributed by atoms with van der Waals surface area (Å²) in [7, 11) is 1.11. The van der Waals surface area contributed by atoms with Gasteiger partial charge in [-0.2, -0.15) is 0 Å². The molecule has 200 valence electrons. The molecule has 1 atom stereocenters. The van der Waals surface area contributed by atoms with Crippen molar-refractivity contribution in [2.75, 3.05) is 13.7 Å². The lowest BCUT2D eigenvalue weighted by Crippen LogP contribution is -2.41. The van der Waals surface area contributed by atoms with Crippen molar-refractivity contribution in [3.63, 3.8) is 0 Å². The highest BCUT2D eigenvalue weighted by atomic mass is 32.1. The van der Waals surface area contributed by atoms with Crippen LogP contribution in [0.4, 0.5) is 11.4 Å². The van der Waals surface area contributed by atoms with Crippen LogP contribution in [0.15, 0.2) is 58.9 Å². The highest BCUT2D eigenvalue weighted by Gasteiger charge is 2.40. The first kappa shape index (κ1) is 26.9. The number of nitro benzene ring substituents is 2. The minimum Gasteiger partial charge on any atom is -0.466 e. The average molecular weight is 553 g/mol. The number of benzene rings is 2. The lowest BCUT2D eigenvalue weighted by Gasteiger charge is -2.26. The third-order valence-electron chi connectivity index (χ3n) is 5.84. The molecule has 0 amide bonds. The van der Waals surface area contributed by atoms with E-state index in [9.17, 15) is 34.6 Å². The van der Waals surface area contributed by atoms with E-state index in [0.717, 1.165) is 23.0 Å². The molecule has 14 heteroatoms. The molecule has 0 bridgehead atoms. The molecule has 3 aromatic rings. The van der Waals surface area contributed by atoms with E-state index in [-0.39, 0.29) is 49.7 Å². The maximum absolute atomic E-state index is 13.5. The number of methoxy groups -OCH3 is 1. The van der Waals surface area contributed by atoms with Crippen molar-refractivity contribution in [3.05, 3.63) is 105 Å². The second-order valence-corrected chi connectivity index (χ2v) is 9.15. The highest BCUT2D eigenvalue weighted by molar-refractivity contribution is 7.07. The molecule has 39 heavy (non-hydrogen) atoms. The number of hydrogen-bond acceptors (Lipinski definition) is 11. The summed E-state index contributed by atoms with van der Waals surface area (Å²) < 4.78 is 11.2. The number of carbonyl (C=O) groups is 2. The van der Waals surface area contributed by atoms with Gasteiger partial charge in [-0.15, -0.1) is 11.3 Å². The van der Waals surface area contributed by atoms with E-state index in [1.54, 1.807) is 13.0 Å². The van der Waals surface area contributed by atoms with Crippen LogP contribution in [-0.4, -0.2) is 40.1 Å². The van der Waals surface area contributed by atoms with Gasteiger partial charge in [0, 0.05) is 24.3 Å². The number of thiazole rings is 1. The Hall–Kier alpha value is -5.11. The Bertz CT molecular complexity index is 1750. The molecule has 13 nitrogen and oxygen atoms in total. The lowest BCUT2D eigenvalue weighted by atomic mass is 9.83. The third kappa shape index (κ3) is 4.92. The predicted octanol–water partition coefficient (Wildman–Crippen LogP) is 1.37. The molecule has 1 aliphatic heterocycles. The Morgan fingerprint density at radius 1 is 1.05 bits per heavy atom. The fourth-order valence-corrected chi connectivity index (χ4v) is 5.36. The molecule has 4 rings (SSSR count). The number of nitrogens with two attached hydrogens (primary N) is 1. The second kappa shape index (κ2) is 10.7. The molecule has 2 heterocycles. The van der Waals surface area contributed by atoms with E-state index < -0.39 is 33.3 Å². The van der Waals surface area contributed by atoms with E-state index in [2.05, 4.69) is 0 Å². The Morgan fingerprint density at radius 3 is 2.31 bits per heavy atom. The van der Waals surface area contributed by atoms with Gasteiger partial charge in [-0.3, -0.25) is 29.6 Å². The van der Waals surface area contributed by atoms with Crippen molar-refractivity contribution >= 4 is 52.1 Å². The van der Waals surface area contributed by atoms with Gasteiger partial charge in [-0.05, 0) is 24.1 Å². The first-order chi connectivity index (χ1) is 18.6. The maximum atomic E-state index is 13.5. The first-order valence-electron chi connectivity index (χ1n) is 11.3. The summed E-state index contributed by atoms with van der Waals surface area (Å²) in [5, 5.41) is 22.6. The maximum Gasteiger partial charge on any atom is 0.338 e. The molecule has 2 N–H and O–H groups in total. The summed E-state index contributed by atoms with van der Waals surface area (Å²) in [5.74, 6) is -3.42. The van der Waals surface area contributed by atoms with Gasteiger partial charge in [0.2, 0.25) is 0 Å². The molecule has 0 radical (unpaired) electrons. The van der Waals surface area contributed by atoms with Crippen LogP contribution in [0.2, 0.25) is 0 Å². The van der Waals surface area contributed by atoms with Crippen LogP contribution in [0.25, 0.3) is 17.5 Å².